The van der Waals surface area contributed by atoms with E-state index in [-0.39, 0.29) is 6.04 Å². The Bertz CT molecular complexity index is 446. The van der Waals surface area contributed by atoms with Crippen LogP contribution in [0.5, 0.6) is 0 Å². The van der Waals surface area contributed by atoms with Crippen molar-refractivity contribution in [3.05, 3.63) is 36.4 Å². The summed E-state index contributed by atoms with van der Waals surface area (Å²) in [7, 11) is 0. The molecule has 0 spiro atoms. The summed E-state index contributed by atoms with van der Waals surface area (Å²) < 4.78 is 2.20. The minimum atomic E-state index is 0.256. The molecule has 0 saturated heterocycles. The van der Waals surface area contributed by atoms with Crippen LogP contribution in [0.1, 0.15) is 44.4 Å². The van der Waals surface area contributed by atoms with Gasteiger partial charge in [-0.05, 0) is 12.8 Å². The number of hydrogen-bond acceptors (Lipinski definition) is 3. The molecule has 5 nitrogen and oxygen atoms in total. The van der Waals surface area contributed by atoms with E-state index in [1.54, 1.807) is 6.20 Å². The van der Waals surface area contributed by atoms with Gasteiger partial charge in [-0.15, -0.1) is 0 Å². The molecule has 0 aliphatic carbocycles. The van der Waals surface area contributed by atoms with Gasteiger partial charge in [-0.25, -0.2) is 9.97 Å². The van der Waals surface area contributed by atoms with Crippen molar-refractivity contribution in [1.29, 1.82) is 0 Å². The molecule has 5 heteroatoms. The zero-order chi connectivity index (χ0) is 12.8. The summed E-state index contributed by atoms with van der Waals surface area (Å²) in [6.07, 6.45) is 9.67. The van der Waals surface area contributed by atoms with Crippen LogP contribution in [-0.4, -0.2) is 19.5 Å². The molecular formula is C13H21N5. The van der Waals surface area contributed by atoms with Crippen LogP contribution < -0.4 is 5.32 Å². The zero-order valence-corrected chi connectivity index (χ0v) is 11.1. The molecule has 1 unspecified atom stereocenters. The van der Waals surface area contributed by atoms with Crippen LogP contribution in [0.15, 0.2) is 24.8 Å². The third-order valence-electron chi connectivity index (χ3n) is 3.03. The average molecular weight is 247 g/mol. The van der Waals surface area contributed by atoms with Crippen molar-refractivity contribution in [2.24, 2.45) is 0 Å². The second-order valence-electron chi connectivity index (χ2n) is 4.35. The van der Waals surface area contributed by atoms with Gasteiger partial charge >= 0.3 is 0 Å². The summed E-state index contributed by atoms with van der Waals surface area (Å²) in [4.78, 5) is 11.9. The van der Waals surface area contributed by atoms with E-state index in [4.69, 9.17) is 0 Å². The molecule has 0 fully saturated rings. The molecule has 0 saturated carbocycles. The predicted molar refractivity (Wildman–Crippen MR) is 71.0 cm³/mol. The molecule has 0 radical (unpaired) electrons. The SMILES string of the molecule is CCCn1ccnc1CNC(CC)c1ncc[nH]1. The van der Waals surface area contributed by atoms with Gasteiger partial charge in [0.1, 0.15) is 11.6 Å². The lowest BCUT2D eigenvalue weighted by molar-refractivity contribution is 0.476. The Kier molecular flexibility index (Phi) is 4.52. The molecule has 1 atom stereocenters. The lowest BCUT2D eigenvalue weighted by Gasteiger charge is -2.15. The van der Waals surface area contributed by atoms with Crippen molar-refractivity contribution in [1.82, 2.24) is 24.8 Å². The van der Waals surface area contributed by atoms with Gasteiger partial charge in [0, 0.05) is 31.3 Å². The van der Waals surface area contributed by atoms with E-state index < -0.39 is 0 Å². The molecule has 0 aliphatic rings. The molecular weight excluding hydrogens is 226 g/mol. The van der Waals surface area contributed by atoms with Crippen molar-refractivity contribution < 1.29 is 0 Å². The lowest BCUT2D eigenvalue weighted by atomic mass is 10.2. The highest BCUT2D eigenvalue weighted by atomic mass is 15.1. The van der Waals surface area contributed by atoms with Gasteiger partial charge in [-0.2, -0.15) is 0 Å². The summed E-state index contributed by atoms with van der Waals surface area (Å²) in [5.74, 6) is 2.08. The van der Waals surface area contributed by atoms with Gasteiger partial charge in [-0.1, -0.05) is 13.8 Å². The minimum absolute atomic E-state index is 0.256. The van der Waals surface area contributed by atoms with Gasteiger partial charge < -0.3 is 14.9 Å². The predicted octanol–water partition coefficient (Wildman–Crippen LogP) is 2.26. The Balaban J connectivity index is 1.95. The molecule has 18 heavy (non-hydrogen) atoms. The highest BCUT2D eigenvalue weighted by Gasteiger charge is 2.12. The Labute approximate surface area is 108 Å². The Morgan fingerprint density at radius 2 is 2.22 bits per heavy atom. The summed E-state index contributed by atoms with van der Waals surface area (Å²) >= 11 is 0. The molecule has 0 aromatic carbocycles. The fourth-order valence-corrected chi connectivity index (χ4v) is 2.07. The highest BCUT2D eigenvalue weighted by Crippen LogP contribution is 2.12. The first-order chi connectivity index (χ1) is 8.85. The molecule has 0 aliphatic heterocycles. The number of aryl methyl sites for hydroxylation is 1. The largest absolute Gasteiger partial charge is 0.347 e. The average Bonchev–Trinajstić information content (AvgIpc) is 3.03. The van der Waals surface area contributed by atoms with Crippen LogP contribution in [0, 0.1) is 0 Å². The van der Waals surface area contributed by atoms with Crippen LogP contribution in [0.4, 0.5) is 0 Å². The Morgan fingerprint density at radius 1 is 1.33 bits per heavy atom. The number of aromatic amines is 1. The summed E-state index contributed by atoms with van der Waals surface area (Å²) in [6.45, 7) is 6.12. The molecule has 2 rings (SSSR count). The topological polar surface area (TPSA) is 58.5 Å². The van der Waals surface area contributed by atoms with Gasteiger partial charge in [-0.3, -0.25) is 0 Å². The van der Waals surface area contributed by atoms with Crippen molar-refractivity contribution in [3.8, 4) is 0 Å². The number of imidazole rings is 2. The van der Waals surface area contributed by atoms with Crippen LogP contribution in [-0.2, 0) is 13.1 Å². The van der Waals surface area contributed by atoms with Gasteiger partial charge in [0.05, 0.1) is 12.6 Å². The van der Waals surface area contributed by atoms with Crippen LogP contribution in [0.3, 0.4) is 0 Å². The van der Waals surface area contributed by atoms with E-state index in [0.717, 1.165) is 37.6 Å². The monoisotopic (exact) mass is 247 g/mol. The highest BCUT2D eigenvalue weighted by molar-refractivity contribution is 4.97. The molecule has 2 heterocycles. The second kappa shape index (κ2) is 6.35. The van der Waals surface area contributed by atoms with Crippen LogP contribution in [0.25, 0.3) is 0 Å². The Morgan fingerprint density at radius 3 is 2.89 bits per heavy atom. The molecule has 0 amide bonds. The first-order valence-electron chi connectivity index (χ1n) is 6.57. The number of H-pyrrole nitrogens is 1. The summed E-state index contributed by atoms with van der Waals surface area (Å²) in [5, 5.41) is 3.50. The third-order valence-corrected chi connectivity index (χ3v) is 3.03. The quantitative estimate of drug-likeness (QED) is 0.789. The molecule has 2 aromatic rings. The molecule has 98 valence electrons. The first kappa shape index (κ1) is 12.8. The molecule has 0 bridgehead atoms. The number of rotatable bonds is 7. The maximum atomic E-state index is 4.39. The van der Waals surface area contributed by atoms with E-state index in [2.05, 4.69) is 38.7 Å². The fraction of sp³-hybridized carbons (Fsp3) is 0.538. The van der Waals surface area contributed by atoms with Gasteiger partial charge in [0.25, 0.3) is 0 Å². The van der Waals surface area contributed by atoms with E-state index in [9.17, 15) is 0 Å². The fourth-order valence-electron chi connectivity index (χ4n) is 2.07. The number of aromatic nitrogens is 4. The maximum absolute atomic E-state index is 4.39. The van der Waals surface area contributed by atoms with Crippen molar-refractivity contribution in [3.63, 3.8) is 0 Å². The third kappa shape index (κ3) is 2.98. The van der Waals surface area contributed by atoms with Crippen molar-refractivity contribution in [2.45, 2.75) is 45.8 Å². The van der Waals surface area contributed by atoms with Crippen LogP contribution >= 0.6 is 0 Å². The standard InChI is InChI=1S/C13H21N5/c1-3-8-18-9-7-14-12(18)10-17-11(4-2)13-15-5-6-16-13/h5-7,9,11,17H,3-4,8,10H2,1-2H3,(H,15,16). The van der Waals surface area contributed by atoms with Crippen LogP contribution in [0.2, 0.25) is 0 Å². The van der Waals surface area contributed by atoms with Gasteiger partial charge in [0.15, 0.2) is 0 Å². The number of nitrogens with zero attached hydrogens (tertiary/aromatic N) is 3. The molecule has 2 aromatic heterocycles. The second-order valence-corrected chi connectivity index (χ2v) is 4.35. The maximum Gasteiger partial charge on any atom is 0.123 e. The normalized spacial score (nSPS) is 12.8. The first-order valence-corrected chi connectivity index (χ1v) is 6.57. The minimum Gasteiger partial charge on any atom is -0.347 e. The molecule has 2 N–H and O–H groups in total. The lowest BCUT2D eigenvalue weighted by Crippen LogP contribution is -2.23. The van der Waals surface area contributed by atoms with E-state index in [1.807, 2.05) is 18.6 Å². The van der Waals surface area contributed by atoms with E-state index in [1.165, 1.54) is 0 Å². The smallest absolute Gasteiger partial charge is 0.123 e. The van der Waals surface area contributed by atoms with Crippen molar-refractivity contribution in [2.75, 3.05) is 0 Å². The Hall–Kier alpha value is -1.62. The summed E-state index contributed by atoms with van der Waals surface area (Å²) in [5.41, 5.74) is 0. The van der Waals surface area contributed by atoms with Gasteiger partial charge in [0.2, 0.25) is 0 Å². The number of hydrogen-bond donors (Lipinski definition) is 2. The number of nitrogens with one attached hydrogen (secondary N) is 2. The van der Waals surface area contributed by atoms with Crippen molar-refractivity contribution >= 4 is 0 Å². The zero-order valence-electron chi connectivity index (χ0n) is 11.1. The van der Waals surface area contributed by atoms with E-state index >= 15 is 0 Å². The van der Waals surface area contributed by atoms with E-state index in [0.29, 0.717) is 0 Å². The summed E-state index contributed by atoms with van der Waals surface area (Å²) in [6, 6.07) is 0.256.